The normalized spacial score (nSPS) is 20.8. The number of benzene rings is 1. The molecule has 1 saturated carbocycles. The zero-order chi connectivity index (χ0) is 13.1. The quantitative estimate of drug-likeness (QED) is 0.826. The number of aromatic amines is 1. The van der Waals surface area contributed by atoms with Gasteiger partial charge in [-0.3, -0.25) is 0 Å². The molecule has 18 heavy (non-hydrogen) atoms. The molecule has 1 heterocycles. The van der Waals surface area contributed by atoms with Crippen molar-refractivity contribution in [3.63, 3.8) is 0 Å². The lowest BCUT2D eigenvalue weighted by molar-refractivity contribution is 0.457. The SMILES string of the molecule is CC1(C)C(c2nc3c(C#N)cccc3[nH]2)C1(C)C. The number of H-pyrrole nitrogens is 1. The molecule has 3 heteroatoms. The Bertz CT molecular complexity index is 657. The average molecular weight is 239 g/mol. The molecule has 1 fully saturated rings. The number of rotatable bonds is 1. The van der Waals surface area contributed by atoms with Gasteiger partial charge in [0.2, 0.25) is 0 Å². The van der Waals surface area contributed by atoms with Gasteiger partial charge >= 0.3 is 0 Å². The number of para-hydroxylation sites is 1. The second-order valence-electron chi connectivity index (χ2n) is 6.31. The van der Waals surface area contributed by atoms with Crippen LogP contribution in [-0.2, 0) is 0 Å². The zero-order valence-electron chi connectivity index (χ0n) is 11.2. The summed E-state index contributed by atoms with van der Waals surface area (Å²) in [4.78, 5) is 8.04. The monoisotopic (exact) mass is 239 g/mol. The summed E-state index contributed by atoms with van der Waals surface area (Å²) < 4.78 is 0. The van der Waals surface area contributed by atoms with E-state index in [9.17, 15) is 0 Å². The predicted molar refractivity (Wildman–Crippen MR) is 71.1 cm³/mol. The molecule has 1 aromatic carbocycles. The molecule has 0 unspecified atom stereocenters. The topological polar surface area (TPSA) is 52.5 Å². The van der Waals surface area contributed by atoms with Gasteiger partial charge in [0.05, 0.1) is 11.1 Å². The van der Waals surface area contributed by atoms with Gasteiger partial charge in [0.15, 0.2) is 0 Å². The highest BCUT2D eigenvalue weighted by Gasteiger charge is 2.66. The standard InChI is InChI=1S/C15H17N3/c1-14(2)12(15(14,3)4)13-17-10-7-5-6-9(8-16)11(10)18-13/h5-7,12H,1-4H3,(H,17,18). The Kier molecular flexibility index (Phi) is 1.97. The van der Waals surface area contributed by atoms with Crippen LogP contribution in [0.2, 0.25) is 0 Å². The fourth-order valence-corrected chi connectivity index (χ4v) is 3.16. The van der Waals surface area contributed by atoms with E-state index in [0.29, 0.717) is 11.5 Å². The lowest BCUT2D eigenvalue weighted by Gasteiger charge is -2.03. The number of nitrogens with zero attached hydrogens (tertiary/aromatic N) is 2. The van der Waals surface area contributed by atoms with Crippen LogP contribution >= 0.6 is 0 Å². The van der Waals surface area contributed by atoms with Gasteiger partial charge in [-0.15, -0.1) is 0 Å². The van der Waals surface area contributed by atoms with Crippen LogP contribution in [0, 0.1) is 22.2 Å². The van der Waals surface area contributed by atoms with Crippen molar-refractivity contribution in [3.05, 3.63) is 29.6 Å². The minimum atomic E-state index is 0.258. The minimum Gasteiger partial charge on any atom is -0.342 e. The lowest BCUT2D eigenvalue weighted by atomic mass is 10.0. The summed E-state index contributed by atoms with van der Waals surface area (Å²) >= 11 is 0. The predicted octanol–water partition coefficient (Wildman–Crippen LogP) is 3.58. The summed E-state index contributed by atoms with van der Waals surface area (Å²) in [5.74, 6) is 1.45. The van der Waals surface area contributed by atoms with Gasteiger partial charge in [-0.25, -0.2) is 4.98 Å². The first-order valence-corrected chi connectivity index (χ1v) is 6.28. The maximum Gasteiger partial charge on any atom is 0.111 e. The molecule has 2 aromatic rings. The van der Waals surface area contributed by atoms with Crippen LogP contribution in [0.3, 0.4) is 0 Å². The van der Waals surface area contributed by atoms with Gasteiger partial charge in [-0.05, 0) is 23.0 Å². The molecule has 0 radical (unpaired) electrons. The number of fused-ring (bicyclic) bond motifs is 1. The van der Waals surface area contributed by atoms with Crippen LogP contribution in [0.5, 0.6) is 0 Å². The van der Waals surface area contributed by atoms with Gasteiger partial charge < -0.3 is 4.98 Å². The third-order valence-electron chi connectivity index (χ3n) is 4.95. The maximum atomic E-state index is 9.10. The molecule has 0 aliphatic heterocycles. The largest absolute Gasteiger partial charge is 0.342 e. The fourth-order valence-electron chi connectivity index (χ4n) is 3.16. The van der Waals surface area contributed by atoms with Crippen molar-refractivity contribution in [1.82, 2.24) is 9.97 Å². The van der Waals surface area contributed by atoms with E-state index in [-0.39, 0.29) is 10.8 Å². The van der Waals surface area contributed by atoms with Crippen molar-refractivity contribution in [2.24, 2.45) is 10.8 Å². The van der Waals surface area contributed by atoms with Gasteiger partial charge in [0.1, 0.15) is 17.4 Å². The summed E-state index contributed by atoms with van der Waals surface area (Å²) in [5, 5.41) is 9.10. The number of imidazole rings is 1. The van der Waals surface area contributed by atoms with Crippen LogP contribution in [-0.4, -0.2) is 9.97 Å². The van der Waals surface area contributed by atoms with E-state index < -0.39 is 0 Å². The van der Waals surface area contributed by atoms with E-state index in [1.165, 1.54) is 0 Å². The summed E-state index contributed by atoms with van der Waals surface area (Å²) in [6.45, 7) is 9.10. The van der Waals surface area contributed by atoms with Gasteiger partial charge in [-0.2, -0.15) is 5.26 Å². The summed E-state index contributed by atoms with van der Waals surface area (Å²) in [7, 11) is 0. The number of hydrogen-bond acceptors (Lipinski definition) is 2. The Morgan fingerprint density at radius 1 is 1.22 bits per heavy atom. The van der Waals surface area contributed by atoms with Crippen LogP contribution in [0.1, 0.15) is 45.0 Å². The molecule has 92 valence electrons. The smallest absolute Gasteiger partial charge is 0.111 e. The zero-order valence-corrected chi connectivity index (χ0v) is 11.2. The molecule has 3 rings (SSSR count). The third kappa shape index (κ3) is 1.21. The maximum absolute atomic E-state index is 9.10. The molecule has 1 aliphatic carbocycles. The van der Waals surface area contributed by atoms with E-state index in [2.05, 4.69) is 43.7 Å². The van der Waals surface area contributed by atoms with E-state index in [4.69, 9.17) is 5.26 Å². The van der Waals surface area contributed by atoms with Gasteiger partial charge in [0.25, 0.3) is 0 Å². The van der Waals surface area contributed by atoms with Crippen LogP contribution in [0.25, 0.3) is 11.0 Å². The Hall–Kier alpha value is -1.82. The highest BCUT2D eigenvalue weighted by molar-refractivity contribution is 5.81. The van der Waals surface area contributed by atoms with E-state index in [1.54, 1.807) is 0 Å². The van der Waals surface area contributed by atoms with Gasteiger partial charge in [0, 0.05) is 5.92 Å². The Balaban J connectivity index is 2.15. The molecule has 1 aromatic heterocycles. The first-order valence-electron chi connectivity index (χ1n) is 6.28. The summed E-state index contributed by atoms with van der Waals surface area (Å²) in [6, 6.07) is 7.89. The molecule has 1 N–H and O–H groups in total. The van der Waals surface area contributed by atoms with Crippen LogP contribution < -0.4 is 0 Å². The molecule has 0 amide bonds. The van der Waals surface area contributed by atoms with E-state index >= 15 is 0 Å². The van der Waals surface area contributed by atoms with Crippen molar-refractivity contribution in [3.8, 4) is 6.07 Å². The highest BCUT2D eigenvalue weighted by Crippen LogP contribution is 2.73. The van der Waals surface area contributed by atoms with Crippen molar-refractivity contribution in [1.29, 1.82) is 5.26 Å². The fraction of sp³-hybridized carbons (Fsp3) is 0.467. The van der Waals surface area contributed by atoms with Gasteiger partial charge in [-0.1, -0.05) is 33.8 Å². The first kappa shape index (κ1) is 11.3. The molecule has 0 bridgehead atoms. The second kappa shape index (κ2) is 3.14. The Morgan fingerprint density at radius 3 is 2.44 bits per heavy atom. The molecule has 0 saturated heterocycles. The number of hydrogen-bond donors (Lipinski definition) is 1. The van der Waals surface area contributed by atoms with E-state index in [1.807, 2.05) is 18.2 Å². The second-order valence-corrected chi connectivity index (χ2v) is 6.31. The van der Waals surface area contributed by atoms with Crippen molar-refractivity contribution in [2.75, 3.05) is 0 Å². The highest BCUT2D eigenvalue weighted by atomic mass is 15.0. The Labute approximate surface area is 107 Å². The molecule has 1 aliphatic rings. The average Bonchev–Trinajstić information content (AvgIpc) is 2.65. The Morgan fingerprint density at radius 2 is 1.89 bits per heavy atom. The van der Waals surface area contributed by atoms with Crippen LogP contribution in [0.4, 0.5) is 0 Å². The first-order chi connectivity index (χ1) is 8.39. The minimum absolute atomic E-state index is 0.258. The molecular formula is C15H17N3. The molecule has 3 nitrogen and oxygen atoms in total. The molecule has 0 spiro atoms. The number of nitrogens with one attached hydrogen (secondary N) is 1. The molecular weight excluding hydrogens is 222 g/mol. The van der Waals surface area contributed by atoms with Crippen molar-refractivity contribution < 1.29 is 0 Å². The summed E-state index contributed by atoms with van der Waals surface area (Å²) in [6.07, 6.45) is 0. The lowest BCUT2D eigenvalue weighted by Crippen LogP contribution is -1.95. The number of nitriles is 1. The summed E-state index contributed by atoms with van der Waals surface area (Å²) in [5.41, 5.74) is 2.92. The van der Waals surface area contributed by atoms with Crippen molar-refractivity contribution >= 4 is 11.0 Å². The number of aromatic nitrogens is 2. The molecule has 0 atom stereocenters. The van der Waals surface area contributed by atoms with Crippen LogP contribution in [0.15, 0.2) is 18.2 Å². The van der Waals surface area contributed by atoms with Crippen molar-refractivity contribution in [2.45, 2.75) is 33.6 Å². The third-order valence-corrected chi connectivity index (χ3v) is 4.95. The van der Waals surface area contributed by atoms with E-state index in [0.717, 1.165) is 16.9 Å².